The van der Waals surface area contributed by atoms with Gasteiger partial charge in [-0.3, -0.25) is 0 Å². The molecule has 0 fully saturated rings. The van der Waals surface area contributed by atoms with E-state index in [1.54, 1.807) is 0 Å². The number of nitrogens with zero attached hydrogens (tertiary/aromatic N) is 2. The van der Waals surface area contributed by atoms with Crippen molar-refractivity contribution in [3.63, 3.8) is 0 Å². The van der Waals surface area contributed by atoms with Gasteiger partial charge in [0, 0.05) is 33.3 Å². The van der Waals surface area contributed by atoms with E-state index in [0.717, 1.165) is 39.4 Å². The van der Waals surface area contributed by atoms with Crippen LogP contribution < -0.4 is 4.90 Å². The zero-order valence-corrected chi connectivity index (χ0v) is 31.8. The minimum atomic E-state index is 1.09. The Morgan fingerprint density at radius 1 is 0.293 bits per heavy atom. The maximum atomic E-state index is 2.42. The Morgan fingerprint density at radius 2 is 0.810 bits per heavy atom. The highest BCUT2D eigenvalue weighted by atomic mass is 15.1. The molecule has 1 heterocycles. The highest BCUT2D eigenvalue weighted by molar-refractivity contribution is 6.14. The molecule has 0 saturated heterocycles. The summed E-state index contributed by atoms with van der Waals surface area (Å²) >= 11 is 0. The molecule has 0 unspecified atom stereocenters. The van der Waals surface area contributed by atoms with Gasteiger partial charge >= 0.3 is 0 Å². The molecule has 10 aromatic carbocycles. The van der Waals surface area contributed by atoms with E-state index < -0.39 is 0 Å². The van der Waals surface area contributed by atoms with Crippen LogP contribution in [0.5, 0.6) is 0 Å². The Morgan fingerprint density at radius 3 is 1.53 bits per heavy atom. The first-order chi connectivity index (χ1) is 28.8. The van der Waals surface area contributed by atoms with Crippen molar-refractivity contribution in [2.24, 2.45) is 0 Å². The number of rotatable bonds is 7. The topological polar surface area (TPSA) is 8.17 Å². The van der Waals surface area contributed by atoms with Crippen molar-refractivity contribution in [3.8, 4) is 39.1 Å². The summed E-state index contributed by atoms with van der Waals surface area (Å²) in [6.45, 7) is 0. The molecule has 0 N–H and O–H groups in total. The number of hydrogen-bond donors (Lipinski definition) is 0. The molecule has 0 aliphatic rings. The molecule has 0 aliphatic heterocycles. The monoisotopic (exact) mass is 738 g/mol. The quantitative estimate of drug-likeness (QED) is 0.148. The first kappa shape index (κ1) is 33.6. The normalized spacial score (nSPS) is 11.4. The van der Waals surface area contributed by atoms with Gasteiger partial charge in [0.05, 0.1) is 22.4 Å². The van der Waals surface area contributed by atoms with E-state index in [1.165, 1.54) is 60.0 Å². The fraction of sp³-hybridized carbons (Fsp3) is 0. The molecular weight excluding hydrogens is 701 g/mol. The SMILES string of the molecule is c1ccc(-c2cc(-c3ccccc3-n3c4ccccc4c4ccccc43)ccc2N(c2ccccc2)c2ccc(-c3cc4ccccc4c4ccccc34)cc2)cc1. The van der Waals surface area contributed by atoms with Crippen LogP contribution in [0, 0.1) is 0 Å². The summed E-state index contributed by atoms with van der Waals surface area (Å²) in [5.41, 5.74) is 13.9. The van der Waals surface area contributed by atoms with E-state index in [4.69, 9.17) is 0 Å². The van der Waals surface area contributed by atoms with E-state index >= 15 is 0 Å². The highest BCUT2D eigenvalue weighted by Gasteiger charge is 2.21. The van der Waals surface area contributed by atoms with E-state index in [-0.39, 0.29) is 0 Å². The first-order valence-electron chi connectivity index (χ1n) is 19.9. The number of anilines is 3. The summed E-state index contributed by atoms with van der Waals surface area (Å²) in [5, 5.41) is 7.58. The van der Waals surface area contributed by atoms with Crippen molar-refractivity contribution < 1.29 is 0 Å². The predicted octanol–water partition coefficient (Wildman–Crippen LogP) is 15.6. The van der Waals surface area contributed by atoms with Crippen LogP contribution in [0.15, 0.2) is 231 Å². The van der Waals surface area contributed by atoms with Crippen LogP contribution in [-0.2, 0) is 0 Å². The van der Waals surface area contributed by atoms with Gasteiger partial charge in [-0.25, -0.2) is 0 Å². The second-order valence-electron chi connectivity index (χ2n) is 14.9. The molecule has 0 atom stereocenters. The second-order valence-corrected chi connectivity index (χ2v) is 14.9. The molecule has 2 nitrogen and oxygen atoms in total. The Hall–Kier alpha value is -7.68. The molecule has 0 amide bonds. The number of benzene rings is 10. The van der Waals surface area contributed by atoms with Crippen molar-refractivity contribution in [1.82, 2.24) is 4.57 Å². The number of fused-ring (bicyclic) bond motifs is 6. The van der Waals surface area contributed by atoms with Crippen molar-refractivity contribution >= 4 is 60.4 Å². The van der Waals surface area contributed by atoms with Crippen molar-refractivity contribution in [2.45, 2.75) is 0 Å². The average molecular weight is 739 g/mol. The maximum absolute atomic E-state index is 2.42. The predicted molar refractivity (Wildman–Crippen MR) is 247 cm³/mol. The summed E-state index contributed by atoms with van der Waals surface area (Å²) in [4.78, 5) is 2.40. The maximum Gasteiger partial charge on any atom is 0.0541 e. The van der Waals surface area contributed by atoms with Crippen molar-refractivity contribution in [1.29, 1.82) is 0 Å². The molecule has 0 aliphatic carbocycles. The van der Waals surface area contributed by atoms with Crippen LogP contribution in [0.4, 0.5) is 17.1 Å². The molecule has 0 radical (unpaired) electrons. The summed E-state index contributed by atoms with van der Waals surface area (Å²) in [6.07, 6.45) is 0. The number of hydrogen-bond acceptors (Lipinski definition) is 1. The van der Waals surface area contributed by atoms with Gasteiger partial charge in [-0.15, -0.1) is 0 Å². The van der Waals surface area contributed by atoms with Gasteiger partial charge < -0.3 is 9.47 Å². The van der Waals surface area contributed by atoms with Gasteiger partial charge in [-0.1, -0.05) is 170 Å². The van der Waals surface area contributed by atoms with Crippen molar-refractivity contribution in [2.75, 3.05) is 4.90 Å². The van der Waals surface area contributed by atoms with Gasteiger partial charge in [0.1, 0.15) is 0 Å². The Balaban J connectivity index is 1.08. The Labute approximate surface area is 338 Å². The summed E-state index contributed by atoms with van der Waals surface area (Å²) in [7, 11) is 0. The molecule has 0 saturated carbocycles. The third-order valence-electron chi connectivity index (χ3n) is 11.6. The van der Waals surface area contributed by atoms with Crippen LogP contribution >= 0.6 is 0 Å². The van der Waals surface area contributed by atoms with Gasteiger partial charge in [0.15, 0.2) is 0 Å². The van der Waals surface area contributed by atoms with Crippen LogP contribution in [0.2, 0.25) is 0 Å². The fourth-order valence-electron chi connectivity index (χ4n) is 8.93. The average Bonchev–Trinajstić information content (AvgIpc) is 3.64. The van der Waals surface area contributed by atoms with Crippen LogP contribution in [0.3, 0.4) is 0 Å². The van der Waals surface area contributed by atoms with E-state index in [0.29, 0.717) is 0 Å². The van der Waals surface area contributed by atoms with Gasteiger partial charge in [0.2, 0.25) is 0 Å². The highest BCUT2D eigenvalue weighted by Crippen LogP contribution is 2.45. The lowest BCUT2D eigenvalue weighted by molar-refractivity contribution is 1.18. The molecule has 58 heavy (non-hydrogen) atoms. The Kier molecular flexibility index (Phi) is 8.19. The van der Waals surface area contributed by atoms with E-state index in [9.17, 15) is 0 Å². The largest absolute Gasteiger partial charge is 0.310 e. The lowest BCUT2D eigenvalue weighted by Crippen LogP contribution is -2.11. The fourth-order valence-corrected chi connectivity index (χ4v) is 8.93. The molecular formula is C56H38N2. The zero-order valence-electron chi connectivity index (χ0n) is 31.8. The molecule has 11 rings (SSSR count). The standard InChI is InChI=1S/C56H38N2/c1-3-17-39(18-4-1)52-38-42(46-23-11-14-28-53(46)58-54-29-15-12-26-49(54)50-27-13-16-30-55(50)58)33-36-56(52)57(43-20-5-2-6-21-43)44-34-31-40(32-35-44)51-37-41-19-7-8-22-45(41)47-24-9-10-25-48(47)51/h1-38H. The smallest absolute Gasteiger partial charge is 0.0541 e. The van der Waals surface area contributed by atoms with E-state index in [2.05, 4.69) is 240 Å². The van der Waals surface area contributed by atoms with Gasteiger partial charge in [-0.2, -0.15) is 0 Å². The molecule has 0 spiro atoms. The van der Waals surface area contributed by atoms with Crippen LogP contribution in [0.1, 0.15) is 0 Å². The molecule has 11 aromatic rings. The summed E-state index contributed by atoms with van der Waals surface area (Å²) in [6, 6.07) is 83.7. The van der Waals surface area contributed by atoms with Crippen LogP contribution in [0.25, 0.3) is 82.4 Å². The van der Waals surface area contributed by atoms with Gasteiger partial charge in [0.25, 0.3) is 0 Å². The zero-order chi connectivity index (χ0) is 38.4. The summed E-state index contributed by atoms with van der Waals surface area (Å²) in [5.74, 6) is 0. The van der Waals surface area contributed by atoms with Gasteiger partial charge in [-0.05, 0) is 104 Å². The molecule has 1 aromatic heterocycles. The minimum Gasteiger partial charge on any atom is -0.310 e. The first-order valence-corrected chi connectivity index (χ1v) is 19.9. The number of aromatic nitrogens is 1. The lowest BCUT2D eigenvalue weighted by Gasteiger charge is -2.29. The summed E-state index contributed by atoms with van der Waals surface area (Å²) < 4.78 is 2.42. The van der Waals surface area contributed by atoms with Crippen LogP contribution in [-0.4, -0.2) is 4.57 Å². The molecule has 0 bridgehead atoms. The second kappa shape index (κ2) is 14.1. The lowest BCUT2D eigenvalue weighted by atomic mass is 9.93. The van der Waals surface area contributed by atoms with E-state index in [1.807, 2.05) is 0 Å². The minimum absolute atomic E-state index is 1.09. The number of para-hydroxylation sites is 4. The third kappa shape index (κ3) is 5.66. The Bertz CT molecular complexity index is 3220. The molecule has 2 heteroatoms. The third-order valence-corrected chi connectivity index (χ3v) is 11.6. The van der Waals surface area contributed by atoms with Crippen molar-refractivity contribution in [3.05, 3.63) is 231 Å². The molecule has 272 valence electrons.